The number of carbonyl (C=O) groups is 2. The van der Waals surface area contributed by atoms with Crippen LogP contribution in [-0.4, -0.2) is 43.2 Å². The molecule has 0 saturated carbocycles. The van der Waals surface area contributed by atoms with E-state index in [1.165, 1.54) is 30.3 Å². The number of carbonyl (C=O) groups excluding carboxylic acids is 1. The molecule has 7 heteroatoms. The number of anilines is 3. The van der Waals surface area contributed by atoms with Crippen LogP contribution in [0.5, 0.6) is 0 Å². The SMILES string of the molecule is O=C(O)c1ccc(N2CCN(c3ccccc3)CC2)c(NC(=O)c2ccccc2F)c1. The van der Waals surface area contributed by atoms with Crippen LogP contribution in [0, 0.1) is 5.82 Å². The number of hydrogen-bond donors (Lipinski definition) is 2. The van der Waals surface area contributed by atoms with Gasteiger partial charge in [-0.1, -0.05) is 30.3 Å². The molecular weight excluding hydrogens is 397 g/mol. The maximum atomic E-state index is 14.0. The number of carboxylic acids is 1. The van der Waals surface area contributed by atoms with Crippen molar-refractivity contribution in [1.82, 2.24) is 0 Å². The van der Waals surface area contributed by atoms with Gasteiger partial charge in [0, 0.05) is 31.9 Å². The van der Waals surface area contributed by atoms with Crippen LogP contribution in [0.4, 0.5) is 21.5 Å². The van der Waals surface area contributed by atoms with E-state index in [1.54, 1.807) is 12.1 Å². The molecule has 0 atom stereocenters. The summed E-state index contributed by atoms with van der Waals surface area (Å²) in [4.78, 5) is 28.5. The Balaban J connectivity index is 1.57. The highest BCUT2D eigenvalue weighted by molar-refractivity contribution is 6.07. The predicted molar refractivity (Wildman–Crippen MR) is 119 cm³/mol. The lowest BCUT2D eigenvalue weighted by Crippen LogP contribution is -2.46. The Kier molecular flexibility index (Phi) is 5.84. The monoisotopic (exact) mass is 419 g/mol. The van der Waals surface area contributed by atoms with E-state index in [-0.39, 0.29) is 11.1 Å². The van der Waals surface area contributed by atoms with Crippen LogP contribution in [0.3, 0.4) is 0 Å². The molecule has 0 unspecified atom stereocenters. The van der Waals surface area contributed by atoms with Gasteiger partial charge in [0.2, 0.25) is 0 Å². The number of piperazine rings is 1. The number of nitrogens with one attached hydrogen (secondary N) is 1. The van der Waals surface area contributed by atoms with Crippen LogP contribution >= 0.6 is 0 Å². The summed E-state index contributed by atoms with van der Waals surface area (Å²) in [6.07, 6.45) is 0. The molecular formula is C24H22FN3O3. The molecule has 2 N–H and O–H groups in total. The first kappa shape index (κ1) is 20.4. The Morgan fingerprint density at radius 3 is 2.16 bits per heavy atom. The molecule has 1 heterocycles. The van der Waals surface area contributed by atoms with Gasteiger partial charge in [-0.2, -0.15) is 0 Å². The summed E-state index contributed by atoms with van der Waals surface area (Å²) in [5.41, 5.74) is 2.17. The molecule has 3 aromatic rings. The summed E-state index contributed by atoms with van der Waals surface area (Å²) in [6.45, 7) is 2.96. The van der Waals surface area contributed by atoms with E-state index in [2.05, 4.69) is 27.2 Å². The molecule has 3 aromatic carbocycles. The Bertz CT molecular complexity index is 1100. The van der Waals surface area contributed by atoms with Gasteiger partial charge in [0.1, 0.15) is 5.82 Å². The highest BCUT2D eigenvalue weighted by Crippen LogP contribution is 2.30. The average Bonchev–Trinajstić information content (AvgIpc) is 2.80. The van der Waals surface area contributed by atoms with Gasteiger partial charge in [-0.15, -0.1) is 0 Å². The Labute approximate surface area is 179 Å². The number of carboxylic acid groups (broad SMARTS) is 1. The van der Waals surface area contributed by atoms with Crippen molar-refractivity contribution in [3.05, 3.63) is 89.7 Å². The number of nitrogens with zero attached hydrogens (tertiary/aromatic N) is 2. The summed E-state index contributed by atoms with van der Waals surface area (Å²) in [5.74, 6) is -2.35. The average molecular weight is 419 g/mol. The van der Waals surface area contributed by atoms with Gasteiger partial charge in [-0.05, 0) is 42.5 Å². The van der Waals surface area contributed by atoms with Crippen LogP contribution in [-0.2, 0) is 0 Å². The maximum Gasteiger partial charge on any atom is 0.335 e. The van der Waals surface area contributed by atoms with Crippen molar-refractivity contribution in [1.29, 1.82) is 0 Å². The predicted octanol–water partition coefficient (Wildman–Crippen LogP) is 4.10. The Hall–Kier alpha value is -3.87. The standard InChI is InChI=1S/C24H22FN3O3/c25-20-9-5-4-8-19(20)23(29)26-21-16-17(24(30)31)10-11-22(21)28-14-12-27(13-15-28)18-6-2-1-3-7-18/h1-11,16H,12-15H2,(H,26,29)(H,30,31). The lowest BCUT2D eigenvalue weighted by molar-refractivity contribution is 0.0696. The molecule has 6 nitrogen and oxygen atoms in total. The van der Waals surface area contributed by atoms with Gasteiger partial charge < -0.3 is 20.2 Å². The van der Waals surface area contributed by atoms with E-state index in [1.807, 2.05) is 18.2 Å². The fourth-order valence-corrected chi connectivity index (χ4v) is 3.72. The molecule has 0 spiro atoms. The molecule has 31 heavy (non-hydrogen) atoms. The third kappa shape index (κ3) is 4.50. The van der Waals surface area contributed by atoms with Gasteiger partial charge in [-0.25, -0.2) is 9.18 Å². The third-order valence-corrected chi connectivity index (χ3v) is 5.35. The number of rotatable bonds is 5. The second-order valence-corrected chi connectivity index (χ2v) is 7.28. The number of aromatic carboxylic acids is 1. The van der Waals surface area contributed by atoms with E-state index >= 15 is 0 Å². The van der Waals surface area contributed by atoms with Crippen molar-refractivity contribution in [2.45, 2.75) is 0 Å². The van der Waals surface area contributed by atoms with Crippen molar-refractivity contribution < 1.29 is 19.1 Å². The van der Waals surface area contributed by atoms with Crippen LogP contribution < -0.4 is 15.1 Å². The molecule has 1 aliphatic heterocycles. The van der Waals surface area contributed by atoms with E-state index in [9.17, 15) is 19.1 Å². The lowest BCUT2D eigenvalue weighted by Gasteiger charge is -2.38. The van der Waals surface area contributed by atoms with Gasteiger partial charge >= 0.3 is 5.97 Å². The summed E-state index contributed by atoms with van der Waals surface area (Å²) < 4.78 is 14.0. The number of para-hydroxylation sites is 1. The molecule has 1 aliphatic rings. The molecule has 0 bridgehead atoms. The normalized spacial score (nSPS) is 13.7. The zero-order chi connectivity index (χ0) is 21.8. The quantitative estimate of drug-likeness (QED) is 0.651. The van der Waals surface area contributed by atoms with Gasteiger partial charge in [0.15, 0.2) is 0 Å². The minimum absolute atomic E-state index is 0.0514. The zero-order valence-electron chi connectivity index (χ0n) is 16.8. The Morgan fingerprint density at radius 2 is 1.48 bits per heavy atom. The maximum absolute atomic E-state index is 14.0. The largest absolute Gasteiger partial charge is 0.478 e. The minimum atomic E-state index is -1.10. The molecule has 158 valence electrons. The first-order valence-electron chi connectivity index (χ1n) is 10.0. The van der Waals surface area contributed by atoms with Crippen LogP contribution in [0.1, 0.15) is 20.7 Å². The number of halogens is 1. The van der Waals surface area contributed by atoms with Gasteiger partial charge in [-0.3, -0.25) is 4.79 Å². The molecule has 1 amide bonds. The number of amides is 1. The minimum Gasteiger partial charge on any atom is -0.478 e. The molecule has 4 rings (SSSR count). The van der Waals surface area contributed by atoms with Gasteiger partial charge in [0.25, 0.3) is 5.91 Å². The van der Waals surface area contributed by atoms with Crippen molar-refractivity contribution >= 4 is 28.9 Å². The molecule has 1 saturated heterocycles. The molecule has 0 radical (unpaired) electrons. The summed E-state index contributed by atoms with van der Waals surface area (Å²) in [7, 11) is 0. The second-order valence-electron chi connectivity index (χ2n) is 7.28. The highest BCUT2D eigenvalue weighted by Gasteiger charge is 2.22. The van der Waals surface area contributed by atoms with Crippen molar-refractivity contribution in [3.8, 4) is 0 Å². The van der Waals surface area contributed by atoms with Crippen molar-refractivity contribution in [3.63, 3.8) is 0 Å². The molecule has 0 aliphatic carbocycles. The highest BCUT2D eigenvalue weighted by atomic mass is 19.1. The topological polar surface area (TPSA) is 72.9 Å². The van der Waals surface area contributed by atoms with E-state index in [0.717, 1.165) is 18.8 Å². The second kappa shape index (κ2) is 8.87. The van der Waals surface area contributed by atoms with E-state index in [0.29, 0.717) is 24.5 Å². The smallest absolute Gasteiger partial charge is 0.335 e. The summed E-state index contributed by atoms with van der Waals surface area (Å²) in [6, 6.07) is 20.4. The Morgan fingerprint density at radius 1 is 0.839 bits per heavy atom. The fraction of sp³-hybridized carbons (Fsp3) is 0.167. The number of hydrogen-bond acceptors (Lipinski definition) is 4. The van der Waals surface area contributed by atoms with Crippen LogP contribution in [0.25, 0.3) is 0 Å². The summed E-state index contributed by atoms with van der Waals surface area (Å²) >= 11 is 0. The van der Waals surface area contributed by atoms with Gasteiger partial charge in [0.05, 0.1) is 22.5 Å². The number of benzene rings is 3. The van der Waals surface area contributed by atoms with Crippen molar-refractivity contribution in [2.75, 3.05) is 41.3 Å². The van der Waals surface area contributed by atoms with Crippen LogP contribution in [0.15, 0.2) is 72.8 Å². The fourth-order valence-electron chi connectivity index (χ4n) is 3.72. The van der Waals surface area contributed by atoms with Crippen LogP contribution in [0.2, 0.25) is 0 Å². The molecule has 0 aromatic heterocycles. The van der Waals surface area contributed by atoms with E-state index in [4.69, 9.17) is 0 Å². The first-order chi connectivity index (χ1) is 15.0. The summed E-state index contributed by atoms with van der Waals surface area (Å²) in [5, 5.41) is 12.1. The third-order valence-electron chi connectivity index (χ3n) is 5.35. The first-order valence-corrected chi connectivity index (χ1v) is 10.0. The zero-order valence-corrected chi connectivity index (χ0v) is 16.8. The molecule has 1 fully saturated rings. The lowest BCUT2D eigenvalue weighted by atomic mass is 10.1. The van der Waals surface area contributed by atoms with Crippen molar-refractivity contribution in [2.24, 2.45) is 0 Å². The van der Waals surface area contributed by atoms with E-state index < -0.39 is 17.7 Å².